The fourth-order valence-corrected chi connectivity index (χ4v) is 11.9. The number of rotatable bonds is 2. The van der Waals surface area contributed by atoms with Crippen molar-refractivity contribution in [3.63, 3.8) is 0 Å². The van der Waals surface area contributed by atoms with Gasteiger partial charge in [-0.2, -0.15) is 0 Å². The quantitative estimate of drug-likeness (QED) is 0.164. The van der Waals surface area contributed by atoms with E-state index < -0.39 is 0 Å². The molecule has 60 heavy (non-hydrogen) atoms. The molecule has 14 rings (SSSR count). The van der Waals surface area contributed by atoms with Gasteiger partial charge in [-0.25, -0.2) is 0 Å². The van der Waals surface area contributed by atoms with E-state index in [0.29, 0.717) is 0 Å². The fourth-order valence-electron chi connectivity index (χ4n) is 11.9. The normalized spacial score (nSPS) is 14.9. The minimum absolute atomic E-state index is 0.0913. The Hall–Kier alpha value is -7.30. The van der Waals surface area contributed by atoms with E-state index in [0.717, 1.165) is 0 Å². The lowest BCUT2D eigenvalue weighted by Crippen LogP contribution is -2.15. The van der Waals surface area contributed by atoms with Gasteiger partial charge in [-0.05, 0) is 125 Å². The first kappa shape index (κ1) is 32.6. The standard InChI is InChI=1S/C56H38N4/c1-55(2)43-11-7-5-9-35(43)37-19-15-33(27-45(37)55)59-47-21-23-57-29-41(47)53-39-17-14-32-26-50-54(40-18-13-31(25-49(53)59)51(39)52(32)40)42-30-58-24-22-48(42)60(50)34-16-20-38-36-10-6-8-12-44(36)56(3,4)46(38)28-34/h5-30H,1-4H3. The van der Waals surface area contributed by atoms with Gasteiger partial charge in [0, 0.05) is 68.5 Å². The Labute approximate surface area is 346 Å². The maximum absolute atomic E-state index is 4.71. The van der Waals surface area contributed by atoms with E-state index in [1.807, 2.05) is 12.4 Å². The Morgan fingerprint density at radius 3 is 1.27 bits per heavy atom. The lowest BCUT2D eigenvalue weighted by molar-refractivity contribution is 0.660. The van der Waals surface area contributed by atoms with Gasteiger partial charge in [-0.3, -0.25) is 9.97 Å². The second-order valence-corrected chi connectivity index (χ2v) is 18.2. The van der Waals surface area contributed by atoms with Crippen molar-refractivity contribution in [1.29, 1.82) is 0 Å². The summed E-state index contributed by atoms with van der Waals surface area (Å²) in [5.74, 6) is 0. The van der Waals surface area contributed by atoms with Crippen LogP contribution in [0.3, 0.4) is 0 Å². The van der Waals surface area contributed by atoms with Gasteiger partial charge in [0.2, 0.25) is 0 Å². The molecule has 282 valence electrons. The van der Waals surface area contributed by atoms with Crippen molar-refractivity contribution in [2.75, 3.05) is 0 Å². The number of hydrogen-bond donors (Lipinski definition) is 0. The zero-order valence-corrected chi connectivity index (χ0v) is 33.8. The van der Waals surface area contributed by atoms with Crippen LogP contribution in [0.25, 0.3) is 110 Å². The van der Waals surface area contributed by atoms with Crippen LogP contribution < -0.4 is 0 Å². The molecular formula is C56H38N4. The summed E-state index contributed by atoms with van der Waals surface area (Å²) in [6.45, 7) is 9.44. The van der Waals surface area contributed by atoms with E-state index in [-0.39, 0.29) is 10.8 Å². The molecule has 0 unspecified atom stereocenters. The average molecular weight is 767 g/mol. The van der Waals surface area contributed by atoms with Crippen LogP contribution in [0.5, 0.6) is 0 Å². The van der Waals surface area contributed by atoms with Gasteiger partial charge in [-0.15, -0.1) is 0 Å². The third-order valence-electron chi connectivity index (χ3n) is 14.6. The first-order valence-electron chi connectivity index (χ1n) is 21.1. The molecule has 4 heterocycles. The van der Waals surface area contributed by atoms with Crippen molar-refractivity contribution < 1.29 is 0 Å². The average Bonchev–Trinajstić information content (AvgIpc) is 3.94. The minimum atomic E-state index is -0.0913. The van der Waals surface area contributed by atoms with Crippen molar-refractivity contribution >= 4 is 75.9 Å². The summed E-state index contributed by atoms with van der Waals surface area (Å²) in [7, 11) is 0. The molecule has 0 saturated heterocycles. The second kappa shape index (κ2) is 10.8. The molecule has 12 aromatic rings. The van der Waals surface area contributed by atoms with Crippen LogP contribution in [-0.2, 0) is 10.8 Å². The molecule has 0 atom stereocenters. The number of nitrogens with zero attached hydrogens (tertiary/aromatic N) is 4. The maximum atomic E-state index is 4.71. The number of benzene rings is 8. The largest absolute Gasteiger partial charge is 0.309 e. The van der Waals surface area contributed by atoms with Gasteiger partial charge >= 0.3 is 0 Å². The van der Waals surface area contributed by atoms with Crippen LogP contribution in [0.1, 0.15) is 49.9 Å². The first-order chi connectivity index (χ1) is 29.3. The van der Waals surface area contributed by atoms with Crippen molar-refractivity contribution in [3.8, 4) is 33.6 Å². The topological polar surface area (TPSA) is 35.6 Å². The summed E-state index contributed by atoms with van der Waals surface area (Å²) >= 11 is 0. The lowest BCUT2D eigenvalue weighted by Gasteiger charge is -2.22. The second-order valence-electron chi connectivity index (χ2n) is 18.2. The number of aromatic nitrogens is 4. The van der Waals surface area contributed by atoms with E-state index in [9.17, 15) is 0 Å². The van der Waals surface area contributed by atoms with E-state index in [1.165, 1.54) is 132 Å². The van der Waals surface area contributed by atoms with Crippen molar-refractivity contribution in [3.05, 3.63) is 181 Å². The molecule has 4 aromatic heterocycles. The summed E-state index contributed by atoms with van der Waals surface area (Å²) in [6.07, 6.45) is 7.99. The molecule has 8 aromatic carbocycles. The third kappa shape index (κ3) is 3.84. The van der Waals surface area contributed by atoms with Crippen molar-refractivity contribution in [2.45, 2.75) is 38.5 Å². The van der Waals surface area contributed by atoms with E-state index in [1.54, 1.807) is 0 Å². The van der Waals surface area contributed by atoms with Gasteiger partial charge in [0.1, 0.15) is 0 Å². The molecule has 0 bridgehead atoms. The maximum Gasteiger partial charge on any atom is 0.0572 e. The van der Waals surface area contributed by atoms with Gasteiger partial charge in [0.25, 0.3) is 0 Å². The fraction of sp³-hybridized carbons (Fsp3) is 0.107. The van der Waals surface area contributed by atoms with Crippen LogP contribution in [0.2, 0.25) is 0 Å². The van der Waals surface area contributed by atoms with Gasteiger partial charge in [0.05, 0.1) is 22.1 Å². The van der Waals surface area contributed by atoms with Crippen LogP contribution in [0.4, 0.5) is 0 Å². The Bertz CT molecular complexity index is 3640. The van der Waals surface area contributed by atoms with Crippen LogP contribution in [-0.4, -0.2) is 19.1 Å². The lowest BCUT2D eigenvalue weighted by atomic mass is 9.82. The summed E-state index contributed by atoms with van der Waals surface area (Å²) in [4.78, 5) is 9.43. The molecule has 2 aliphatic carbocycles. The molecule has 0 radical (unpaired) electrons. The van der Waals surface area contributed by atoms with Gasteiger partial charge in [-0.1, -0.05) is 113 Å². The SMILES string of the molecule is CC1(C)c2ccccc2-c2ccc(-n3c4ccncc4c4c5ccc6cc7c(c8ccc(cc43)c5c68)c3cnccc3n7-c3ccc4c(c3)C(C)(C)c3ccccc3-4)cc21. The van der Waals surface area contributed by atoms with Crippen LogP contribution in [0, 0.1) is 0 Å². The molecule has 4 nitrogen and oxygen atoms in total. The Morgan fingerprint density at radius 2 is 0.800 bits per heavy atom. The summed E-state index contributed by atoms with van der Waals surface area (Å²) in [5.41, 5.74) is 17.8. The third-order valence-corrected chi connectivity index (χ3v) is 14.6. The molecule has 2 aliphatic rings. The van der Waals surface area contributed by atoms with Crippen LogP contribution >= 0.6 is 0 Å². The Balaban J connectivity index is 1.03. The molecule has 0 fully saturated rings. The van der Waals surface area contributed by atoms with Gasteiger partial charge < -0.3 is 9.13 Å². The smallest absolute Gasteiger partial charge is 0.0572 e. The number of fused-ring (bicyclic) bond motifs is 14. The highest BCUT2D eigenvalue weighted by molar-refractivity contribution is 6.37. The highest BCUT2D eigenvalue weighted by atomic mass is 15.0. The van der Waals surface area contributed by atoms with Crippen molar-refractivity contribution in [2.24, 2.45) is 0 Å². The predicted molar refractivity (Wildman–Crippen MR) is 250 cm³/mol. The zero-order chi connectivity index (χ0) is 39.8. The highest BCUT2D eigenvalue weighted by Gasteiger charge is 2.37. The number of pyridine rings is 2. The zero-order valence-electron chi connectivity index (χ0n) is 33.8. The molecule has 4 heteroatoms. The van der Waals surface area contributed by atoms with Crippen LogP contribution in [0.15, 0.2) is 158 Å². The van der Waals surface area contributed by atoms with E-state index >= 15 is 0 Å². The molecular weight excluding hydrogens is 729 g/mol. The molecule has 0 amide bonds. The molecule has 0 aliphatic heterocycles. The summed E-state index contributed by atoms with van der Waals surface area (Å²) < 4.78 is 4.93. The highest BCUT2D eigenvalue weighted by Crippen LogP contribution is 2.52. The van der Waals surface area contributed by atoms with Gasteiger partial charge in [0.15, 0.2) is 0 Å². The Kier molecular flexibility index (Phi) is 5.90. The van der Waals surface area contributed by atoms with Crippen molar-refractivity contribution in [1.82, 2.24) is 19.1 Å². The number of hydrogen-bond acceptors (Lipinski definition) is 2. The first-order valence-corrected chi connectivity index (χ1v) is 21.1. The molecule has 0 N–H and O–H groups in total. The predicted octanol–water partition coefficient (Wildman–Crippen LogP) is 14.2. The summed E-state index contributed by atoms with van der Waals surface area (Å²) in [5, 5.41) is 12.4. The van der Waals surface area contributed by atoms with E-state index in [4.69, 9.17) is 9.97 Å². The van der Waals surface area contributed by atoms with E-state index in [2.05, 4.69) is 183 Å². The molecule has 0 spiro atoms. The minimum Gasteiger partial charge on any atom is -0.309 e. The molecule has 0 saturated carbocycles. The monoisotopic (exact) mass is 766 g/mol. The summed E-state index contributed by atoms with van der Waals surface area (Å²) in [6, 6.07) is 50.5. The Morgan fingerprint density at radius 1 is 0.367 bits per heavy atom.